The Kier molecular flexibility index (Phi) is 4.01. The molecule has 0 aromatic carbocycles. The van der Waals surface area contributed by atoms with E-state index >= 15 is 0 Å². The van der Waals surface area contributed by atoms with E-state index in [2.05, 4.69) is 15.3 Å². The van der Waals surface area contributed by atoms with Crippen molar-refractivity contribution < 1.29 is 0 Å². The summed E-state index contributed by atoms with van der Waals surface area (Å²) in [5, 5.41) is 3.06. The third-order valence-corrected chi connectivity index (χ3v) is 2.73. The smallest absolute Gasteiger partial charge is 0.328 e. The highest BCUT2D eigenvalue weighted by molar-refractivity contribution is 6.30. The van der Waals surface area contributed by atoms with Crippen LogP contribution in [0.5, 0.6) is 0 Å². The quantitative estimate of drug-likeness (QED) is 0.878. The van der Waals surface area contributed by atoms with Crippen LogP contribution in [-0.2, 0) is 6.54 Å². The average Bonchev–Trinajstić information content (AvgIpc) is 2.37. The van der Waals surface area contributed by atoms with Gasteiger partial charge in [-0.1, -0.05) is 17.7 Å². The van der Waals surface area contributed by atoms with Gasteiger partial charge >= 0.3 is 5.69 Å². The number of anilines is 1. The van der Waals surface area contributed by atoms with Crippen molar-refractivity contribution in [1.29, 1.82) is 0 Å². The number of hydrogen-bond acceptors (Lipinski definition) is 4. The highest BCUT2D eigenvalue weighted by atomic mass is 35.5. The van der Waals surface area contributed by atoms with Crippen molar-refractivity contribution in [3.8, 4) is 0 Å². The van der Waals surface area contributed by atoms with E-state index in [1.54, 1.807) is 6.07 Å². The molecule has 2 aromatic heterocycles. The zero-order valence-electron chi connectivity index (χ0n) is 10.3. The predicted molar refractivity (Wildman–Crippen MR) is 73.8 cm³/mol. The van der Waals surface area contributed by atoms with Crippen molar-refractivity contribution in [3.63, 3.8) is 0 Å². The van der Waals surface area contributed by atoms with Gasteiger partial charge in [-0.25, -0.2) is 9.78 Å². The Bertz CT molecular complexity index is 693. The van der Waals surface area contributed by atoms with Crippen LogP contribution in [0.4, 0.5) is 5.82 Å². The molecule has 0 aliphatic carbocycles. The van der Waals surface area contributed by atoms with Crippen LogP contribution >= 0.6 is 11.6 Å². The molecule has 0 saturated carbocycles. The number of aromatic amines is 1. The van der Waals surface area contributed by atoms with E-state index in [-0.39, 0.29) is 11.6 Å². The summed E-state index contributed by atoms with van der Waals surface area (Å²) in [5.41, 5.74) is -0.397. The molecule has 0 saturated heterocycles. The lowest BCUT2D eigenvalue weighted by molar-refractivity contribution is 0.706. The highest BCUT2D eigenvalue weighted by Gasteiger charge is 2.04. The lowest BCUT2D eigenvalue weighted by Crippen LogP contribution is -2.30. The lowest BCUT2D eigenvalue weighted by Gasteiger charge is -2.07. The maximum absolute atomic E-state index is 11.6. The second kappa shape index (κ2) is 5.71. The SMILES string of the molecule is CCNc1cccc(Cn2cc(Cl)c(=O)[nH]c2=O)n1. The number of pyridine rings is 1. The standard InChI is InChI=1S/C12H13ClN4O2/c1-2-14-10-5-3-4-8(15-10)6-17-7-9(13)11(18)16-12(17)19/h3-5,7H,2,6H2,1H3,(H,14,15)(H,16,18,19). The topological polar surface area (TPSA) is 79.8 Å². The minimum Gasteiger partial charge on any atom is -0.370 e. The second-order valence-corrected chi connectivity index (χ2v) is 4.32. The first-order valence-corrected chi connectivity index (χ1v) is 6.17. The molecule has 0 radical (unpaired) electrons. The van der Waals surface area contributed by atoms with Gasteiger partial charge < -0.3 is 5.32 Å². The molecule has 6 nitrogen and oxygen atoms in total. The summed E-state index contributed by atoms with van der Waals surface area (Å²) in [6.07, 6.45) is 1.31. The van der Waals surface area contributed by atoms with Gasteiger partial charge in [0.15, 0.2) is 0 Å². The van der Waals surface area contributed by atoms with Crippen LogP contribution in [0.15, 0.2) is 34.0 Å². The molecule has 0 unspecified atom stereocenters. The van der Waals surface area contributed by atoms with Crippen molar-refractivity contribution in [2.24, 2.45) is 0 Å². The molecule has 0 amide bonds. The molecule has 0 atom stereocenters. The summed E-state index contributed by atoms with van der Waals surface area (Å²) in [5.74, 6) is 0.739. The predicted octanol–water partition coefficient (Wildman–Crippen LogP) is 1.07. The zero-order chi connectivity index (χ0) is 13.8. The Labute approximate surface area is 114 Å². The summed E-state index contributed by atoms with van der Waals surface area (Å²) in [7, 11) is 0. The summed E-state index contributed by atoms with van der Waals surface area (Å²) in [6, 6.07) is 5.49. The van der Waals surface area contributed by atoms with E-state index in [1.165, 1.54) is 10.8 Å². The summed E-state index contributed by atoms with van der Waals surface area (Å²) < 4.78 is 1.31. The van der Waals surface area contributed by atoms with Gasteiger partial charge in [0.1, 0.15) is 10.8 Å². The van der Waals surface area contributed by atoms with Crippen LogP contribution in [0, 0.1) is 0 Å². The number of H-pyrrole nitrogens is 1. The Hall–Kier alpha value is -2.08. The highest BCUT2D eigenvalue weighted by Crippen LogP contribution is 2.06. The number of hydrogen-bond donors (Lipinski definition) is 2. The lowest BCUT2D eigenvalue weighted by atomic mass is 10.3. The van der Waals surface area contributed by atoms with Gasteiger partial charge in [-0.3, -0.25) is 14.3 Å². The first-order valence-electron chi connectivity index (χ1n) is 5.79. The first-order chi connectivity index (χ1) is 9.10. The fraction of sp³-hybridized carbons (Fsp3) is 0.250. The van der Waals surface area contributed by atoms with Crippen molar-refractivity contribution in [2.75, 3.05) is 11.9 Å². The summed E-state index contributed by atoms with van der Waals surface area (Å²) in [4.78, 5) is 29.3. The number of rotatable bonds is 4. The Balaban J connectivity index is 2.31. The van der Waals surface area contributed by atoms with E-state index in [4.69, 9.17) is 11.6 Å². The molecular formula is C12H13ClN4O2. The van der Waals surface area contributed by atoms with Gasteiger partial charge in [0.2, 0.25) is 0 Å². The van der Waals surface area contributed by atoms with Gasteiger partial charge in [-0.2, -0.15) is 0 Å². The van der Waals surface area contributed by atoms with Gasteiger partial charge in [-0.05, 0) is 19.1 Å². The van der Waals surface area contributed by atoms with Gasteiger partial charge in [0, 0.05) is 12.7 Å². The molecule has 0 spiro atoms. The monoisotopic (exact) mass is 280 g/mol. The third-order valence-electron chi connectivity index (χ3n) is 2.46. The van der Waals surface area contributed by atoms with Gasteiger partial charge in [0.05, 0.1) is 12.2 Å². The normalized spacial score (nSPS) is 10.4. The van der Waals surface area contributed by atoms with E-state index in [1.807, 2.05) is 19.1 Å². The van der Waals surface area contributed by atoms with Crippen molar-refractivity contribution in [1.82, 2.24) is 14.5 Å². The average molecular weight is 281 g/mol. The van der Waals surface area contributed by atoms with Crippen LogP contribution < -0.4 is 16.6 Å². The maximum atomic E-state index is 11.6. The van der Waals surface area contributed by atoms with E-state index < -0.39 is 11.2 Å². The molecule has 0 fully saturated rings. The van der Waals surface area contributed by atoms with Crippen molar-refractivity contribution >= 4 is 17.4 Å². The Morgan fingerprint density at radius 3 is 2.95 bits per heavy atom. The van der Waals surface area contributed by atoms with E-state index in [0.717, 1.165) is 12.4 Å². The fourth-order valence-electron chi connectivity index (χ4n) is 1.62. The number of nitrogens with one attached hydrogen (secondary N) is 2. The second-order valence-electron chi connectivity index (χ2n) is 3.91. The van der Waals surface area contributed by atoms with E-state index in [0.29, 0.717) is 5.69 Å². The number of aromatic nitrogens is 3. The number of halogens is 1. The number of nitrogens with zero attached hydrogens (tertiary/aromatic N) is 2. The molecule has 2 heterocycles. The Morgan fingerprint density at radius 1 is 1.42 bits per heavy atom. The molecule has 7 heteroatoms. The molecule has 100 valence electrons. The van der Waals surface area contributed by atoms with Crippen LogP contribution in [-0.4, -0.2) is 21.1 Å². The molecule has 0 bridgehead atoms. The van der Waals surface area contributed by atoms with Crippen molar-refractivity contribution in [2.45, 2.75) is 13.5 Å². The van der Waals surface area contributed by atoms with Crippen LogP contribution in [0.2, 0.25) is 5.02 Å². The first kappa shape index (κ1) is 13.4. The summed E-state index contributed by atoms with van der Waals surface area (Å²) in [6.45, 7) is 2.98. The molecule has 19 heavy (non-hydrogen) atoms. The van der Waals surface area contributed by atoms with Crippen molar-refractivity contribution in [3.05, 3.63) is 56.0 Å². The molecule has 2 rings (SSSR count). The fourth-order valence-corrected chi connectivity index (χ4v) is 1.79. The minimum atomic E-state index is -0.586. The third kappa shape index (κ3) is 3.23. The zero-order valence-corrected chi connectivity index (χ0v) is 11.1. The molecule has 2 N–H and O–H groups in total. The summed E-state index contributed by atoms with van der Waals surface area (Å²) >= 11 is 5.70. The largest absolute Gasteiger partial charge is 0.370 e. The van der Waals surface area contributed by atoms with Crippen LogP contribution in [0.3, 0.4) is 0 Å². The van der Waals surface area contributed by atoms with Crippen LogP contribution in [0.25, 0.3) is 0 Å². The molecule has 0 aliphatic rings. The van der Waals surface area contributed by atoms with Gasteiger partial charge in [0.25, 0.3) is 5.56 Å². The maximum Gasteiger partial charge on any atom is 0.328 e. The van der Waals surface area contributed by atoms with Crippen LogP contribution in [0.1, 0.15) is 12.6 Å². The molecule has 0 aliphatic heterocycles. The van der Waals surface area contributed by atoms with E-state index in [9.17, 15) is 9.59 Å². The minimum absolute atomic E-state index is 0.0255. The van der Waals surface area contributed by atoms with Gasteiger partial charge in [-0.15, -0.1) is 0 Å². The molecule has 2 aromatic rings. The molecular weight excluding hydrogens is 268 g/mol. The Morgan fingerprint density at radius 2 is 2.21 bits per heavy atom.